The van der Waals surface area contributed by atoms with Crippen LogP contribution in [0.5, 0.6) is 0 Å². The molecule has 9 nitrogen and oxygen atoms in total. The zero-order chi connectivity index (χ0) is 65.7. The van der Waals surface area contributed by atoms with E-state index in [2.05, 4.69) is 87.2 Å². The Hall–Kier alpha value is -8.22. The molecule has 5 aliphatic rings. The van der Waals surface area contributed by atoms with Crippen molar-refractivity contribution in [2.45, 2.75) is 175 Å². The third kappa shape index (κ3) is 17.1. The molecule has 0 spiro atoms. The number of allylic oxidation sites excluding steroid dienone is 2. The molecular weight excluding hydrogens is 1070 g/mol. The first-order chi connectivity index (χ1) is 41.5. The summed E-state index contributed by atoms with van der Waals surface area (Å²) in [7, 11) is 0. The molecule has 0 N–H and O–H groups in total. The number of amides is 6. The minimum Gasteiger partial charge on any atom is -0.274 e. The molecule has 2 bridgehead atoms. The van der Waals surface area contributed by atoms with Crippen LogP contribution in [0.1, 0.15) is 213 Å². The van der Waals surface area contributed by atoms with Gasteiger partial charge in [-0.25, -0.2) is 9.80 Å². The van der Waals surface area contributed by atoms with Crippen molar-refractivity contribution < 1.29 is 28.8 Å². The quantitative estimate of drug-likeness (QED) is 0.0987. The highest BCUT2D eigenvalue weighted by atomic mass is 16.2. The molecule has 6 aromatic rings. The predicted octanol–water partition coefficient (Wildman–Crippen LogP) is 19.0. The fraction of sp³-hybridized carbons (Fsp3) is 0.385. The maximum absolute atomic E-state index is 13.0. The van der Waals surface area contributed by atoms with Crippen LogP contribution < -0.4 is 14.7 Å². The first-order valence-electron chi connectivity index (χ1n) is 31.6. The Morgan fingerprint density at radius 3 is 1.24 bits per heavy atom. The first kappa shape index (κ1) is 73.0. The molecule has 9 heteroatoms. The Morgan fingerprint density at radius 2 is 0.793 bits per heavy atom. The Balaban J connectivity index is 0.000000316. The molecule has 462 valence electrons. The van der Waals surface area contributed by atoms with Crippen molar-refractivity contribution in [1.82, 2.24) is 0 Å². The van der Waals surface area contributed by atoms with Crippen molar-refractivity contribution in [2.75, 3.05) is 14.7 Å². The van der Waals surface area contributed by atoms with Gasteiger partial charge in [0.2, 0.25) is 11.8 Å². The highest BCUT2D eigenvalue weighted by Gasteiger charge is 2.61. The summed E-state index contributed by atoms with van der Waals surface area (Å²) < 4.78 is 0. The Labute approximate surface area is 523 Å². The number of rotatable bonds is 4. The number of carbonyl (C=O) groups excluding carboxylic acids is 6. The summed E-state index contributed by atoms with van der Waals surface area (Å²) in [6, 6.07) is 47.2. The zero-order valence-electron chi connectivity index (χ0n) is 56.4. The molecule has 6 amide bonds. The molecule has 0 radical (unpaired) electrons. The fourth-order valence-electron chi connectivity index (χ4n) is 10.6. The van der Waals surface area contributed by atoms with Gasteiger partial charge in [0.05, 0.1) is 45.6 Å². The first-order valence-corrected chi connectivity index (χ1v) is 31.6. The van der Waals surface area contributed by atoms with E-state index in [1.165, 1.54) is 31.9 Å². The average Bonchev–Trinajstić information content (AvgIpc) is 1.58. The van der Waals surface area contributed by atoms with Gasteiger partial charge in [0.15, 0.2) is 0 Å². The summed E-state index contributed by atoms with van der Waals surface area (Å²) in [4.78, 5) is 80.4. The van der Waals surface area contributed by atoms with Gasteiger partial charge in [-0.1, -0.05) is 254 Å². The van der Waals surface area contributed by atoms with Crippen LogP contribution in [0.4, 0.5) is 17.1 Å². The number of carbonyl (C=O) groups is 6. The van der Waals surface area contributed by atoms with Crippen LogP contribution in [0.25, 0.3) is 5.57 Å². The summed E-state index contributed by atoms with van der Waals surface area (Å²) in [5, 5.41) is 0. The van der Waals surface area contributed by atoms with Crippen molar-refractivity contribution in [3.8, 4) is 11.8 Å². The molecule has 2 aliphatic carbocycles. The Morgan fingerprint density at radius 1 is 0.402 bits per heavy atom. The van der Waals surface area contributed by atoms with Crippen molar-refractivity contribution in [3.05, 3.63) is 214 Å². The van der Waals surface area contributed by atoms with E-state index in [9.17, 15) is 28.8 Å². The Bertz CT molecular complexity index is 3380. The summed E-state index contributed by atoms with van der Waals surface area (Å²) >= 11 is 0. The van der Waals surface area contributed by atoms with Crippen LogP contribution in [0.15, 0.2) is 169 Å². The summed E-state index contributed by atoms with van der Waals surface area (Å²) in [6.07, 6.45) is 4.61. The van der Waals surface area contributed by atoms with Gasteiger partial charge < -0.3 is 0 Å². The highest BCUT2D eigenvalue weighted by molar-refractivity contribution is 6.43. The van der Waals surface area contributed by atoms with Gasteiger partial charge in [-0.3, -0.25) is 33.7 Å². The number of hydrogen-bond acceptors (Lipinski definition) is 6. The van der Waals surface area contributed by atoms with Crippen LogP contribution in [-0.4, -0.2) is 35.4 Å². The van der Waals surface area contributed by atoms with E-state index in [4.69, 9.17) is 0 Å². The van der Waals surface area contributed by atoms with E-state index in [1.54, 1.807) is 18.2 Å². The molecule has 1 saturated heterocycles. The van der Waals surface area contributed by atoms with Crippen LogP contribution in [0, 0.1) is 35.5 Å². The van der Waals surface area contributed by atoms with E-state index in [0.717, 1.165) is 34.4 Å². The molecule has 87 heavy (non-hydrogen) atoms. The molecule has 3 aliphatic heterocycles. The number of fused-ring (bicyclic) bond motifs is 6. The molecule has 1 saturated carbocycles. The second kappa shape index (κ2) is 33.1. The summed E-state index contributed by atoms with van der Waals surface area (Å²) in [5.74, 6) is 5.28. The number of imide groups is 3. The van der Waals surface area contributed by atoms with E-state index in [0.29, 0.717) is 33.6 Å². The number of nitrogens with zero attached hydrogens (tertiary/aromatic N) is 3. The van der Waals surface area contributed by atoms with Gasteiger partial charge >= 0.3 is 0 Å². The number of benzene rings is 6. The monoisotopic (exact) mass is 1170 g/mol. The van der Waals surface area contributed by atoms with Crippen LogP contribution in [-0.2, 0) is 35.4 Å². The highest BCUT2D eigenvalue weighted by Crippen LogP contribution is 2.56. The maximum Gasteiger partial charge on any atom is 0.266 e. The van der Waals surface area contributed by atoms with Crippen molar-refractivity contribution in [3.63, 3.8) is 0 Å². The molecule has 3 heterocycles. The van der Waals surface area contributed by atoms with Gasteiger partial charge in [0, 0.05) is 17.2 Å². The van der Waals surface area contributed by atoms with E-state index in [1.807, 2.05) is 217 Å². The Kier molecular flexibility index (Phi) is 27.7. The standard InChI is InChI=1S/C26H21NO2.C20H23NO2.C20H19NO2.6C2H6/c1-26(2,3)20-12-14-21(15-13-20)27-24(28)22-16-11-19(17-23(22)25(27)29)10-9-18-7-5-4-6-8-18;1-11-9-12-10-15(11)17-16(12)18(22)21(19(17)23)14-7-5-13(6-8-14)20(2,3)4;1-20(2,3)15-9-11-16(12-10-15)21-18(22)13-17(19(21)23)14-7-5-4-6-8-14;6*1-2/h4-8,11-17H,1-3H3;5-9,12,15-17H,10H2,1-4H3;4-13H,1-3H3;6*1-2H3. The smallest absolute Gasteiger partial charge is 0.266 e. The lowest BCUT2D eigenvalue weighted by Crippen LogP contribution is -2.33. The largest absolute Gasteiger partial charge is 0.274 e. The number of hydrogen-bond donors (Lipinski definition) is 0. The fourth-order valence-corrected chi connectivity index (χ4v) is 10.6. The third-order valence-corrected chi connectivity index (χ3v) is 14.9. The lowest BCUT2D eigenvalue weighted by Gasteiger charge is -2.22. The van der Waals surface area contributed by atoms with Crippen LogP contribution in [0.2, 0.25) is 0 Å². The van der Waals surface area contributed by atoms with Crippen molar-refractivity contribution >= 4 is 58.1 Å². The van der Waals surface area contributed by atoms with Crippen LogP contribution in [0.3, 0.4) is 0 Å². The number of anilines is 3. The topological polar surface area (TPSA) is 112 Å². The lowest BCUT2D eigenvalue weighted by molar-refractivity contribution is -0.123. The van der Waals surface area contributed by atoms with Gasteiger partial charge in [-0.15, -0.1) is 0 Å². The van der Waals surface area contributed by atoms with E-state index in [-0.39, 0.29) is 75.4 Å². The SMILES string of the molecule is CC.CC.CC.CC.CC.CC.CC(C)(C)c1ccc(N2C(=O)C=C(c3ccccc3)C2=O)cc1.CC(C)(C)c1ccc(N2C(=O)c3ccc(C#Cc4ccccc4)cc3C2=O)cc1.CC1=CC2CC1C1C(=O)N(c3ccc(C(C)(C)C)cc3)C(=O)C21. The molecule has 6 aromatic carbocycles. The van der Waals surface area contributed by atoms with Gasteiger partial charge in [-0.2, -0.15) is 0 Å². The minimum absolute atomic E-state index is 0.000223. The average molecular weight is 1170 g/mol. The lowest BCUT2D eigenvalue weighted by atomic mass is 9.82. The normalized spacial score (nSPS) is 17.4. The van der Waals surface area contributed by atoms with Gasteiger partial charge in [0.1, 0.15) is 0 Å². The second-order valence-electron chi connectivity index (χ2n) is 23.1. The molecular formula is C78H99N3O6. The molecule has 11 rings (SSSR count). The van der Waals surface area contributed by atoms with Gasteiger partial charge in [-0.05, 0) is 130 Å². The molecule has 0 aromatic heterocycles. The summed E-state index contributed by atoms with van der Waals surface area (Å²) in [5.41, 5.74) is 10.5. The summed E-state index contributed by atoms with van der Waals surface area (Å²) in [6.45, 7) is 45.3. The molecule has 4 unspecified atom stereocenters. The minimum atomic E-state index is -0.308. The predicted molar refractivity (Wildman–Crippen MR) is 365 cm³/mol. The van der Waals surface area contributed by atoms with Gasteiger partial charge in [0.25, 0.3) is 23.6 Å². The van der Waals surface area contributed by atoms with Crippen molar-refractivity contribution in [1.29, 1.82) is 0 Å². The molecule has 2 fully saturated rings. The van der Waals surface area contributed by atoms with E-state index >= 15 is 0 Å². The second-order valence-corrected chi connectivity index (χ2v) is 23.1. The zero-order valence-corrected chi connectivity index (χ0v) is 56.4. The maximum atomic E-state index is 13.0. The van der Waals surface area contributed by atoms with Crippen LogP contribution >= 0.6 is 0 Å². The third-order valence-electron chi connectivity index (χ3n) is 14.9. The van der Waals surface area contributed by atoms with E-state index < -0.39 is 0 Å². The molecule has 4 atom stereocenters. The van der Waals surface area contributed by atoms with Crippen molar-refractivity contribution in [2.24, 2.45) is 23.7 Å².